The van der Waals surface area contributed by atoms with E-state index in [0.29, 0.717) is 11.7 Å². The first kappa shape index (κ1) is 18.5. The quantitative estimate of drug-likeness (QED) is 0.556. The molecule has 0 radical (unpaired) electrons. The molecule has 0 fully saturated rings. The van der Waals surface area contributed by atoms with Crippen molar-refractivity contribution in [3.8, 4) is 0 Å². The number of hydrogen-bond acceptors (Lipinski definition) is 7. The fourth-order valence-corrected chi connectivity index (χ4v) is 4.07. The zero-order chi connectivity index (χ0) is 18.4. The third-order valence-corrected chi connectivity index (χ3v) is 5.74. The number of thioether (sulfide) groups is 1. The Kier molecular flexibility index (Phi) is 6.30. The SMILES string of the molecule is CCc1ccc(NC(=O)[C@@H](C)Sc2nnc(NCc3ccco3)s2)cc1. The van der Waals surface area contributed by atoms with Gasteiger partial charge in [-0.2, -0.15) is 0 Å². The fourth-order valence-electron chi connectivity index (χ4n) is 2.18. The molecule has 1 amide bonds. The van der Waals surface area contributed by atoms with Gasteiger partial charge >= 0.3 is 0 Å². The first-order valence-electron chi connectivity index (χ1n) is 8.30. The summed E-state index contributed by atoms with van der Waals surface area (Å²) in [4.78, 5) is 12.4. The Balaban J connectivity index is 1.50. The van der Waals surface area contributed by atoms with Crippen molar-refractivity contribution in [3.05, 3.63) is 54.0 Å². The van der Waals surface area contributed by atoms with Crippen LogP contribution in [0.1, 0.15) is 25.2 Å². The molecule has 0 saturated heterocycles. The van der Waals surface area contributed by atoms with E-state index in [1.807, 2.05) is 43.3 Å². The minimum atomic E-state index is -0.272. The Labute approximate surface area is 160 Å². The number of carbonyl (C=O) groups excluding carboxylic acids is 1. The lowest BCUT2D eigenvalue weighted by atomic mass is 10.1. The van der Waals surface area contributed by atoms with E-state index in [1.54, 1.807) is 6.26 Å². The number of rotatable bonds is 8. The van der Waals surface area contributed by atoms with Crippen LogP contribution in [0.2, 0.25) is 0 Å². The molecule has 136 valence electrons. The molecule has 3 rings (SSSR count). The van der Waals surface area contributed by atoms with E-state index in [0.717, 1.165) is 22.2 Å². The van der Waals surface area contributed by atoms with Gasteiger partial charge < -0.3 is 15.1 Å². The van der Waals surface area contributed by atoms with Crippen LogP contribution in [0.4, 0.5) is 10.8 Å². The number of benzene rings is 1. The van der Waals surface area contributed by atoms with Crippen molar-refractivity contribution in [1.82, 2.24) is 10.2 Å². The van der Waals surface area contributed by atoms with E-state index < -0.39 is 0 Å². The molecule has 0 bridgehead atoms. The average molecular weight is 389 g/mol. The monoisotopic (exact) mass is 388 g/mol. The van der Waals surface area contributed by atoms with Gasteiger partial charge in [0.15, 0.2) is 4.34 Å². The molecule has 0 aliphatic carbocycles. The van der Waals surface area contributed by atoms with Crippen molar-refractivity contribution >= 4 is 39.8 Å². The molecule has 6 nitrogen and oxygen atoms in total. The Hall–Kier alpha value is -2.32. The van der Waals surface area contributed by atoms with Gasteiger partial charge in [0, 0.05) is 5.69 Å². The zero-order valence-electron chi connectivity index (χ0n) is 14.6. The maximum absolute atomic E-state index is 12.4. The van der Waals surface area contributed by atoms with Crippen molar-refractivity contribution in [2.45, 2.75) is 36.4 Å². The second-order valence-electron chi connectivity index (χ2n) is 5.61. The molecule has 0 aliphatic rings. The van der Waals surface area contributed by atoms with Gasteiger partial charge in [-0.3, -0.25) is 4.79 Å². The van der Waals surface area contributed by atoms with Crippen molar-refractivity contribution in [1.29, 1.82) is 0 Å². The van der Waals surface area contributed by atoms with Gasteiger partial charge in [0.25, 0.3) is 0 Å². The van der Waals surface area contributed by atoms with Crippen molar-refractivity contribution in [2.24, 2.45) is 0 Å². The van der Waals surface area contributed by atoms with Gasteiger partial charge in [-0.05, 0) is 43.2 Å². The standard InChI is InChI=1S/C18H20N4O2S2/c1-3-13-6-8-14(9-7-13)20-16(23)12(2)25-18-22-21-17(26-18)19-11-15-5-4-10-24-15/h4-10,12H,3,11H2,1-2H3,(H,19,21)(H,20,23)/t12-/m1/s1. The highest BCUT2D eigenvalue weighted by Gasteiger charge is 2.17. The van der Waals surface area contributed by atoms with Crippen LogP contribution in [-0.4, -0.2) is 21.4 Å². The van der Waals surface area contributed by atoms with E-state index >= 15 is 0 Å². The maximum atomic E-state index is 12.4. The predicted molar refractivity (Wildman–Crippen MR) is 106 cm³/mol. The zero-order valence-corrected chi connectivity index (χ0v) is 16.2. The number of anilines is 2. The van der Waals surface area contributed by atoms with Crippen LogP contribution in [-0.2, 0) is 17.8 Å². The topological polar surface area (TPSA) is 80.0 Å². The minimum Gasteiger partial charge on any atom is -0.467 e. The van der Waals surface area contributed by atoms with Crippen LogP contribution in [0.25, 0.3) is 0 Å². The molecule has 2 heterocycles. The molecule has 0 spiro atoms. The molecule has 3 aromatic rings. The average Bonchev–Trinajstić information content (AvgIpc) is 3.32. The van der Waals surface area contributed by atoms with Crippen LogP contribution in [0.15, 0.2) is 51.4 Å². The van der Waals surface area contributed by atoms with Crippen molar-refractivity contribution in [3.63, 3.8) is 0 Å². The number of nitrogens with zero attached hydrogens (tertiary/aromatic N) is 2. The smallest absolute Gasteiger partial charge is 0.237 e. The number of aryl methyl sites for hydroxylation is 1. The summed E-state index contributed by atoms with van der Waals surface area (Å²) >= 11 is 2.81. The van der Waals surface area contributed by atoms with Crippen LogP contribution in [0, 0.1) is 0 Å². The second-order valence-corrected chi connectivity index (χ2v) is 8.17. The highest BCUT2D eigenvalue weighted by Crippen LogP contribution is 2.29. The Morgan fingerprint density at radius 3 is 2.77 bits per heavy atom. The summed E-state index contributed by atoms with van der Waals surface area (Å²) in [6.45, 7) is 4.51. The lowest BCUT2D eigenvalue weighted by Gasteiger charge is -2.10. The Morgan fingerprint density at radius 2 is 2.08 bits per heavy atom. The minimum absolute atomic E-state index is 0.0560. The molecular formula is C18H20N4O2S2. The highest BCUT2D eigenvalue weighted by atomic mass is 32.2. The summed E-state index contributed by atoms with van der Waals surface area (Å²) in [6.07, 6.45) is 2.61. The second kappa shape index (κ2) is 8.86. The van der Waals surface area contributed by atoms with E-state index in [-0.39, 0.29) is 11.2 Å². The van der Waals surface area contributed by atoms with Gasteiger partial charge in [0.05, 0.1) is 18.1 Å². The van der Waals surface area contributed by atoms with E-state index in [2.05, 4.69) is 27.8 Å². The summed E-state index contributed by atoms with van der Waals surface area (Å²) in [6, 6.07) is 11.6. The number of nitrogens with one attached hydrogen (secondary N) is 2. The van der Waals surface area contributed by atoms with Crippen LogP contribution >= 0.6 is 23.1 Å². The lowest BCUT2D eigenvalue weighted by molar-refractivity contribution is -0.115. The van der Waals surface area contributed by atoms with Gasteiger partial charge in [-0.1, -0.05) is 42.2 Å². The van der Waals surface area contributed by atoms with E-state index in [1.165, 1.54) is 28.7 Å². The third kappa shape index (κ3) is 5.09. The number of furan rings is 1. The lowest BCUT2D eigenvalue weighted by Crippen LogP contribution is -2.22. The van der Waals surface area contributed by atoms with E-state index in [9.17, 15) is 4.79 Å². The first-order chi connectivity index (χ1) is 12.6. The van der Waals surface area contributed by atoms with Crippen LogP contribution < -0.4 is 10.6 Å². The normalized spacial score (nSPS) is 11.9. The third-order valence-electron chi connectivity index (χ3n) is 3.68. The van der Waals surface area contributed by atoms with Crippen LogP contribution in [0.5, 0.6) is 0 Å². The van der Waals surface area contributed by atoms with Crippen molar-refractivity contribution in [2.75, 3.05) is 10.6 Å². The Bertz CT molecular complexity index is 831. The number of hydrogen-bond donors (Lipinski definition) is 2. The van der Waals surface area contributed by atoms with E-state index in [4.69, 9.17) is 4.42 Å². The van der Waals surface area contributed by atoms with Crippen LogP contribution in [0.3, 0.4) is 0 Å². The molecule has 1 aromatic carbocycles. The largest absolute Gasteiger partial charge is 0.467 e. The summed E-state index contributed by atoms with van der Waals surface area (Å²) in [5.74, 6) is 0.774. The number of amides is 1. The van der Waals surface area contributed by atoms with Gasteiger partial charge in [0.2, 0.25) is 11.0 Å². The molecular weight excluding hydrogens is 368 g/mol. The molecule has 2 aromatic heterocycles. The highest BCUT2D eigenvalue weighted by molar-refractivity contribution is 8.02. The van der Waals surface area contributed by atoms with Gasteiger partial charge in [0.1, 0.15) is 5.76 Å². The molecule has 2 N–H and O–H groups in total. The maximum Gasteiger partial charge on any atom is 0.237 e. The molecule has 0 saturated carbocycles. The molecule has 0 aliphatic heterocycles. The summed E-state index contributed by atoms with van der Waals surface area (Å²) in [5.41, 5.74) is 2.05. The van der Waals surface area contributed by atoms with Gasteiger partial charge in [-0.25, -0.2) is 0 Å². The number of carbonyl (C=O) groups is 1. The molecule has 26 heavy (non-hydrogen) atoms. The molecule has 0 unspecified atom stereocenters. The number of aromatic nitrogens is 2. The summed E-state index contributed by atoms with van der Waals surface area (Å²) < 4.78 is 6.01. The molecule has 8 heteroatoms. The molecule has 1 atom stereocenters. The first-order valence-corrected chi connectivity index (χ1v) is 10.00. The fraction of sp³-hybridized carbons (Fsp3) is 0.278. The van der Waals surface area contributed by atoms with Crippen molar-refractivity contribution < 1.29 is 9.21 Å². The predicted octanol–water partition coefficient (Wildman–Crippen LogP) is 4.42. The Morgan fingerprint density at radius 1 is 1.27 bits per heavy atom. The van der Waals surface area contributed by atoms with Gasteiger partial charge in [-0.15, -0.1) is 10.2 Å². The summed E-state index contributed by atoms with van der Waals surface area (Å²) in [5, 5.41) is 14.7. The summed E-state index contributed by atoms with van der Waals surface area (Å²) in [7, 11) is 0.